The molecule has 0 bridgehead atoms. The quantitative estimate of drug-likeness (QED) is 0.916. The van der Waals surface area contributed by atoms with Crippen LogP contribution in [0.25, 0.3) is 11.3 Å². The number of benzene rings is 1. The van der Waals surface area contributed by atoms with E-state index in [0.717, 1.165) is 43.1 Å². The SMILES string of the molecule is CCCN1CCc2[nH]nc(-c3ccc(OC(C)C)cc3)c2C1. The standard InChI is InChI=1S/C18H25N3O/c1-4-10-21-11-9-17-16(12-21)18(20-19-17)14-5-7-15(8-6-14)22-13(2)3/h5-8,13H,4,9-12H2,1-3H3,(H,19,20). The van der Waals surface area contributed by atoms with Crippen LogP contribution < -0.4 is 4.74 Å². The minimum atomic E-state index is 0.201. The molecular weight excluding hydrogens is 274 g/mol. The first-order valence-electron chi connectivity index (χ1n) is 8.23. The number of hydrogen-bond donors (Lipinski definition) is 1. The summed E-state index contributed by atoms with van der Waals surface area (Å²) in [5.41, 5.74) is 4.90. The van der Waals surface area contributed by atoms with Gasteiger partial charge in [-0.3, -0.25) is 10.00 Å². The van der Waals surface area contributed by atoms with Gasteiger partial charge in [0, 0.05) is 36.3 Å². The van der Waals surface area contributed by atoms with Crippen molar-refractivity contribution in [3.8, 4) is 17.0 Å². The van der Waals surface area contributed by atoms with E-state index >= 15 is 0 Å². The fourth-order valence-corrected chi connectivity index (χ4v) is 3.06. The van der Waals surface area contributed by atoms with Crippen molar-refractivity contribution < 1.29 is 4.74 Å². The molecule has 1 aliphatic heterocycles. The molecule has 0 fully saturated rings. The van der Waals surface area contributed by atoms with Crippen LogP contribution in [0.2, 0.25) is 0 Å². The van der Waals surface area contributed by atoms with Gasteiger partial charge in [0.15, 0.2) is 0 Å². The first-order chi connectivity index (χ1) is 10.7. The van der Waals surface area contributed by atoms with Gasteiger partial charge in [0.05, 0.1) is 11.8 Å². The third kappa shape index (κ3) is 3.17. The van der Waals surface area contributed by atoms with Crippen molar-refractivity contribution in [3.05, 3.63) is 35.5 Å². The maximum Gasteiger partial charge on any atom is 0.119 e. The summed E-state index contributed by atoms with van der Waals surface area (Å²) in [6.45, 7) is 9.61. The molecule has 0 amide bonds. The third-order valence-electron chi connectivity index (χ3n) is 4.05. The number of nitrogens with one attached hydrogen (secondary N) is 1. The van der Waals surface area contributed by atoms with E-state index in [1.54, 1.807) is 0 Å². The maximum atomic E-state index is 5.71. The zero-order valence-electron chi connectivity index (χ0n) is 13.7. The molecule has 3 rings (SSSR count). The van der Waals surface area contributed by atoms with Crippen LogP contribution in [-0.4, -0.2) is 34.3 Å². The van der Waals surface area contributed by atoms with Gasteiger partial charge in [0.25, 0.3) is 0 Å². The van der Waals surface area contributed by atoms with Gasteiger partial charge in [-0.05, 0) is 51.1 Å². The molecule has 4 nitrogen and oxygen atoms in total. The van der Waals surface area contributed by atoms with Crippen molar-refractivity contribution in [2.75, 3.05) is 13.1 Å². The van der Waals surface area contributed by atoms with Gasteiger partial charge in [-0.2, -0.15) is 5.10 Å². The van der Waals surface area contributed by atoms with Crippen LogP contribution in [0.5, 0.6) is 5.75 Å². The zero-order valence-corrected chi connectivity index (χ0v) is 13.7. The van der Waals surface area contributed by atoms with Crippen LogP contribution in [0.1, 0.15) is 38.4 Å². The number of nitrogens with zero attached hydrogens (tertiary/aromatic N) is 2. The second kappa shape index (κ2) is 6.53. The summed E-state index contributed by atoms with van der Waals surface area (Å²) in [7, 11) is 0. The third-order valence-corrected chi connectivity index (χ3v) is 4.05. The summed E-state index contributed by atoms with van der Waals surface area (Å²) in [6.07, 6.45) is 2.47. The van der Waals surface area contributed by atoms with Gasteiger partial charge in [0.2, 0.25) is 0 Å². The van der Waals surface area contributed by atoms with E-state index in [2.05, 4.69) is 34.2 Å². The predicted molar refractivity (Wildman–Crippen MR) is 89.1 cm³/mol. The van der Waals surface area contributed by atoms with Crippen LogP contribution in [0.15, 0.2) is 24.3 Å². The van der Waals surface area contributed by atoms with Gasteiger partial charge in [-0.15, -0.1) is 0 Å². The van der Waals surface area contributed by atoms with E-state index in [-0.39, 0.29) is 6.10 Å². The molecule has 1 N–H and O–H groups in total. The van der Waals surface area contributed by atoms with Crippen LogP contribution in [-0.2, 0) is 13.0 Å². The Balaban J connectivity index is 1.82. The van der Waals surface area contributed by atoms with Crippen molar-refractivity contribution in [2.45, 2.75) is 46.3 Å². The Kier molecular flexibility index (Phi) is 4.48. The molecule has 0 saturated carbocycles. The van der Waals surface area contributed by atoms with Crippen molar-refractivity contribution >= 4 is 0 Å². The Bertz CT molecular complexity index is 616. The van der Waals surface area contributed by atoms with E-state index < -0.39 is 0 Å². The van der Waals surface area contributed by atoms with E-state index in [0.29, 0.717) is 0 Å². The lowest BCUT2D eigenvalue weighted by atomic mass is 10.0. The molecular formula is C18H25N3O. The molecule has 0 unspecified atom stereocenters. The predicted octanol–water partition coefficient (Wildman–Crippen LogP) is 3.63. The lowest BCUT2D eigenvalue weighted by Crippen LogP contribution is -2.31. The van der Waals surface area contributed by atoms with E-state index in [1.165, 1.54) is 17.7 Å². The number of aromatic nitrogens is 2. The molecule has 0 aliphatic carbocycles. The summed E-state index contributed by atoms with van der Waals surface area (Å²) in [5, 5.41) is 7.79. The van der Waals surface area contributed by atoms with E-state index in [1.807, 2.05) is 26.0 Å². The minimum Gasteiger partial charge on any atom is -0.491 e. The highest BCUT2D eigenvalue weighted by Gasteiger charge is 2.22. The van der Waals surface area contributed by atoms with Crippen LogP contribution in [0.4, 0.5) is 0 Å². The molecule has 0 spiro atoms. The minimum absolute atomic E-state index is 0.201. The second-order valence-corrected chi connectivity index (χ2v) is 6.25. The van der Waals surface area contributed by atoms with Gasteiger partial charge in [0.1, 0.15) is 5.75 Å². The second-order valence-electron chi connectivity index (χ2n) is 6.25. The summed E-state index contributed by atoms with van der Waals surface area (Å²) >= 11 is 0. The van der Waals surface area contributed by atoms with Gasteiger partial charge in [-0.25, -0.2) is 0 Å². The van der Waals surface area contributed by atoms with E-state index in [9.17, 15) is 0 Å². The maximum absolute atomic E-state index is 5.71. The Morgan fingerprint density at radius 3 is 2.73 bits per heavy atom. The summed E-state index contributed by atoms with van der Waals surface area (Å²) in [4.78, 5) is 2.51. The average Bonchev–Trinajstić information content (AvgIpc) is 2.91. The Morgan fingerprint density at radius 2 is 2.05 bits per heavy atom. The zero-order chi connectivity index (χ0) is 15.5. The van der Waals surface area contributed by atoms with Gasteiger partial charge >= 0.3 is 0 Å². The number of H-pyrrole nitrogens is 1. The molecule has 118 valence electrons. The van der Waals surface area contributed by atoms with Crippen molar-refractivity contribution in [1.82, 2.24) is 15.1 Å². The van der Waals surface area contributed by atoms with Crippen LogP contribution in [0.3, 0.4) is 0 Å². The van der Waals surface area contributed by atoms with Crippen molar-refractivity contribution in [2.24, 2.45) is 0 Å². The fourth-order valence-electron chi connectivity index (χ4n) is 3.06. The Hall–Kier alpha value is -1.81. The van der Waals surface area contributed by atoms with Crippen molar-refractivity contribution in [3.63, 3.8) is 0 Å². The fraction of sp³-hybridized carbons (Fsp3) is 0.500. The average molecular weight is 299 g/mol. The van der Waals surface area contributed by atoms with Crippen LogP contribution >= 0.6 is 0 Å². The summed E-state index contributed by atoms with van der Waals surface area (Å²) < 4.78 is 5.71. The summed E-state index contributed by atoms with van der Waals surface area (Å²) in [6, 6.07) is 8.27. The smallest absolute Gasteiger partial charge is 0.119 e. The molecule has 1 aromatic carbocycles. The largest absolute Gasteiger partial charge is 0.491 e. The Morgan fingerprint density at radius 1 is 1.27 bits per heavy atom. The van der Waals surface area contributed by atoms with Crippen molar-refractivity contribution in [1.29, 1.82) is 0 Å². The molecule has 0 atom stereocenters. The van der Waals surface area contributed by atoms with Gasteiger partial charge < -0.3 is 4.74 Å². The lowest BCUT2D eigenvalue weighted by molar-refractivity contribution is 0.242. The highest BCUT2D eigenvalue weighted by molar-refractivity contribution is 5.65. The number of hydrogen-bond acceptors (Lipinski definition) is 3. The molecule has 0 saturated heterocycles. The molecule has 2 aromatic rings. The Labute approximate surface area is 132 Å². The lowest BCUT2D eigenvalue weighted by Gasteiger charge is -2.26. The first kappa shape index (κ1) is 15.1. The normalized spacial score (nSPS) is 15.1. The molecule has 4 heteroatoms. The van der Waals surface area contributed by atoms with Gasteiger partial charge in [-0.1, -0.05) is 6.92 Å². The number of fused-ring (bicyclic) bond motifs is 1. The van der Waals surface area contributed by atoms with E-state index in [4.69, 9.17) is 4.74 Å². The molecule has 22 heavy (non-hydrogen) atoms. The number of rotatable bonds is 5. The molecule has 2 heterocycles. The topological polar surface area (TPSA) is 41.2 Å². The summed E-state index contributed by atoms with van der Waals surface area (Å²) in [5.74, 6) is 0.913. The number of ether oxygens (including phenoxy) is 1. The highest BCUT2D eigenvalue weighted by Crippen LogP contribution is 2.29. The van der Waals surface area contributed by atoms with Crippen LogP contribution in [0, 0.1) is 0 Å². The molecule has 0 radical (unpaired) electrons. The first-order valence-corrected chi connectivity index (χ1v) is 8.23. The highest BCUT2D eigenvalue weighted by atomic mass is 16.5. The monoisotopic (exact) mass is 299 g/mol. The molecule has 1 aliphatic rings. The number of aromatic amines is 1. The molecule has 1 aromatic heterocycles.